The zero-order valence-electron chi connectivity index (χ0n) is 17.5. The highest BCUT2D eigenvalue weighted by molar-refractivity contribution is 5.79. The quantitative estimate of drug-likeness (QED) is 0.596. The van der Waals surface area contributed by atoms with Gasteiger partial charge in [-0.2, -0.15) is 4.98 Å². The molecule has 0 radical (unpaired) electrons. The number of hydrogen-bond donors (Lipinski definition) is 0. The maximum absolute atomic E-state index is 12.6. The summed E-state index contributed by atoms with van der Waals surface area (Å²) in [4.78, 5) is 21.0. The molecule has 1 aromatic heterocycles. The van der Waals surface area contributed by atoms with E-state index in [0.717, 1.165) is 22.6 Å². The number of aromatic nitrogens is 2. The minimum Gasteiger partial charge on any atom is -0.494 e. The molecule has 0 aliphatic carbocycles. The van der Waals surface area contributed by atoms with Crippen molar-refractivity contribution in [3.63, 3.8) is 0 Å². The predicted molar refractivity (Wildman–Crippen MR) is 114 cm³/mol. The van der Waals surface area contributed by atoms with Gasteiger partial charge in [0, 0.05) is 50.8 Å². The second-order valence-corrected chi connectivity index (χ2v) is 7.65. The van der Waals surface area contributed by atoms with E-state index < -0.39 is 0 Å². The summed E-state index contributed by atoms with van der Waals surface area (Å²) in [5.74, 6) is 1.92. The first kappa shape index (κ1) is 19.9. The molecule has 1 fully saturated rings. The average Bonchev–Trinajstić information content (AvgIpc) is 3.36. The minimum absolute atomic E-state index is 0.0638. The van der Waals surface area contributed by atoms with E-state index in [2.05, 4.69) is 10.1 Å². The molecule has 2 aromatic carbocycles. The number of nitrogens with zero attached hydrogens (tertiary/aromatic N) is 4. The number of likely N-dealkylation sites (tertiary alicyclic amines) is 1. The van der Waals surface area contributed by atoms with Crippen LogP contribution in [-0.4, -0.2) is 48.2 Å². The normalized spacial score (nSPS) is 16.2. The zero-order chi connectivity index (χ0) is 21.1. The van der Waals surface area contributed by atoms with E-state index in [-0.39, 0.29) is 11.8 Å². The van der Waals surface area contributed by atoms with Crippen molar-refractivity contribution in [1.82, 2.24) is 15.0 Å². The molecule has 156 valence electrons. The van der Waals surface area contributed by atoms with Crippen LogP contribution in [0, 0.1) is 0 Å². The van der Waals surface area contributed by atoms with Crippen molar-refractivity contribution in [2.45, 2.75) is 25.8 Å². The van der Waals surface area contributed by atoms with Gasteiger partial charge in [0.05, 0.1) is 6.61 Å². The van der Waals surface area contributed by atoms with Gasteiger partial charge in [0.2, 0.25) is 5.91 Å². The molecule has 1 atom stereocenters. The van der Waals surface area contributed by atoms with Gasteiger partial charge in [-0.15, -0.1) is 0 Å². The summed E-state index contributed by atoms with van der Waals surface area (Å²) < 4.78 is 11.0. The molecular formula is C23H26N4O3. The van der Waals surface area contributed by atoms with Gasteiger partial charge < -0.3 is 19.1 Å². The van der Waals surface area contributed by atoms with Gasteiger partial charge in [-0.1, -0.05) is 17.3 Å². The fourth-order valence-corrected chi connectivity index (χ4v) is 3.64. The Morgan fingerprint density at radius 3 is 2.73 bits per heavy atom. The molecule has 0 bridgehead atoms. The molecule has 30 heavy (non-hydrogen) atoms. The molecule has 0 saturated carbocycles. The molecule has 1 aliphatic heterocycles. The Balaban J connectivity index is 1.43. The molecule has 1 saturated heterocycles. The summed E-state index contributed by atoms with van der Waals surface area (Å²) in [6, 6.07) is 15.8. The van der Waals surface area contributed by atoms with Gasteiger partial charge >= 0.3 is 0 Å². The third-order valence-electron chi connectivity index (χ3n) is 5.23. The van der Waals surface area contributed by atoms with Crippen LogP contribution in [-0.2, 0) is 11.3 Å². The first-order valence-electron chi connectivity index (χ1n) is 10.1. The summed E-state index contributed by atoms with van der Waals surface area (Å²) in [6.45, 7) is 3.70. The number of carbonyl (C=O) groups excluding carboxylic acids is 1. The first-order chi connectivity index (χ1) is 14.5. The van der Waals surface area contributed by atoms with Crippen molar-refractivity contribution < 1.29 is 14.1 Å². The molecule has 1 unspecified atom stereocenters. The Morgan fingerprint density at radius 1 is 1.20 bits per heavy atom. The molecule has 1 amide bonds. The lowest BCUT2D eigenvalue weighted by Gasteiger charge is -2.16. The zero-order valence-corrected chi connectivity index (χ0v) is 17.5. The van der Waals surface area contributed by atoms with Crippen molar-refractivity contribution in [1.29, 1.82) is 0 Å². The van der Waals surface area contributed by atoms with Gasteiger partial charge in [-0.3, -0.25) is 4.79 Å². The van der Waals surface area contributed by atoms with Crippen LogP contribution in [0.2, 0.25) is 0 Å². The van der Waals surface area contributed by atoms with Gasteiger partial charge in [-0.25, -0.2) is 0 Å². The number of hydrogen-bond acceptors (Lipinski definition) is 6. The summed E-state index contributed by atoms with van der Waals surface area (Å²) >= 11 is 0. The lowest BCUT2D eigenvalue weighted by molar-refractivity contribution is -0.128. The van der Waals surface area contributed by atoms with Gasteiger partial charge in [0.1, 0.15) is 5.75 Å². The van der Waals surface area contributed by atoms with E-state index in [4.69, 9.17) is 9.26 Å². The Bertz CT molecular complexity index is 1010. The maximum Gasteiger partial charge on any atom is 0.257 e. The molecule has 4 rings (SSSR count). The van der Waals surface area contributed by atoms with Crippen LogP contribution < -0.4 is 9.64 Å². The summed E-state index contributed by atoms with van der Waals surface area (Å²) in [5, 5.41) is 4.15. The molecule has 7 heteroatoms. The lowest BCUT2D eigenvalue weighted by atomic mass is 10.1. The Labute approximate surface area is 176 Å². The van der Waals surface area contributed by atoms with Crippen molar-refractivity contribution >= 4 is 11.6 Å². The number of benzene rings is 2. The molecule has 2 heterocycles. The van der Waals surface area contributed by atoms with Crippen LogP contribution in [0.4, 0.5) is 5.69 Å². The third-order valence-corrected chi connectivity index (χ3v) is 5.23. The minimum atomic E-state index is -0.0638. The smallest absolute Gasteiger partial charge is 0.257 e. The third kappa shape index (κ3) is 4.30. The van der Waals surface area contributed by atoms with Crippen LogP contribution in [0.25, 0.3) is 11.5 Å². The van der Waals surface area contributed by atoms with E-state index in [9.17, 15) is 4.79 Å². The van der Waals surface area contributed by atoms with Crippen molar-refractivity contribution in [2.24, 2.45) is 0 Å². The van der Waals surface area contributed by atoms with Gasteiger partial charge in [-0.05, 0) is 48.9 Å². The van der Waals surface area contributed by atoms with Crippen molar-refractivity contribution in [3.8, 4) is 17.2 Å². The standard InChI is InChI=1S/C23H26N4O3/c1-4-29-20-7-5-6-16(12-20)14-27-15-18(13-21(27)28)22-24-23(30-25-22)17-8-10-19(11-9-17)26(2)3/h5-12,18H,4,13-15H2,1-3H3. The van der Waals surface area contributed by atoms with Crippen molar-refractivity contribution in [2.75, 3.05) is 32.1 Å². The first-order valence-corrected chi connectivity index (χ1v) is 10.1. The highest BCUT2D eigenvalue weighted by Crippen LogP contribution is 2.30. The highest BCUT2D eigenvalue weighted by Gasteiger charge is 2.33. The van der Waals surface area contributed by atoms with E-state index in [1.165, 1.54) is 0 Å². The monoisotopic (exact) mass is 406 g/mol. The molecular weight excluding hydrogens is 380 g/mol. The maximum atomic E-state index is 12.6. The van der Waals surface area contributed by atoms with E-state index >= 15 is 0 Å². The Hall–Kier alpha value is -3.35. The lowest BCUT2D eigenvalue weighted by Crippen LogP contribution is -2.24. The number of carbonyl (C=O) groups is 1. The highest BCUT2D eigenvalue weighted by atomic mass is 16.5. The summed E-state index contributed by atoms with van der Waals surface area (Å²) in [7, 11) is 3.99. The van der Waals surface area contributed by atoms with Crippen LogP contribution in [0.15, 0.2) is 53.1 Å². The Kier molecular flexibility index (Phi) is 5.70. The molecule has 0 spiro atoms. The van der Waals surface area contributed by atoms with Crippen LogP contribution in [0.5, 0.6) is 5.75 Å². The van der Waals surface area contributed by atoms with Crippen LogP contribution in [0.3, 0.4) is 0 Å². The fraction of sp³-hybridized carbons (Fsp3) is 0.348. The topological polar surface area (TPSA) is 71.7 Å². The van der Waals surface area contributed by atoms with Crippen LogP contribution >= 0.6 is 0 Å². The SMILES string of the molecule is CCOc1cccc(CN2CC(c3noc(-c4ccc(N(C)C)cc4)n3)CC2=O)c1. The largest absolute Gasteiger partial charge is 0.494 e. The second-order valence-electron chi connectivity index (χ2n) is 7.65. The van der Waals surface area contributed by atoms with Crippen molar-refractivity contribution in [3.05, 3.63) is 59.9 Å². The van der Waals surface area contributed by atoms with E-state index in [0.29, 0.717) is 37.8 Å². The molecule has 1 aliphatic rings. The predicted octanol–water partition coefficient (Wildman–Crippen LogP) is 3.72. The number of ether oxygens (including phenoxy) is 1. The summed E-state index contributed by atoms with van der Waals surface area (Å²) in [6.07, 6.45) is 0.393. The molecule has 7 nitrogen and oxygen atoms in total. The number of rotatable bonds is 7. The van der Waals surface area contributed by atoms with Crippen LogP contribution in [0.1, 0.15) is 30.7 Å². The van der Waals surface area contributed by atoms with E-state index in [1.807, 2.05) is 79.3 Å². The average molecular weight is 406 g/mol. The Morgan fingerprint density at radius 2 is 2.00 bits per heavy atom. The van der Waals surface area contributed by atoms with Gasteiger partial charge in [0.25, 0.3) is 5.89 Å². The second kappa shape index (κ2) is 8.57. The summed E-state index contributed by atoms with van der Waals surface area (Å²) in [5.41, 5.74) is 3.02. The number of anilines is 1. The fourth-order valence-electron chi connectivity index (χ4n) is 3.64. The van der Waals surface area contributed by atoms with Gasteiger partial charge in [0.15, 0.2) is 5.82 Å². The molecule has 0 N–H and O–H groups in total. The number of amides is 1. The molecule has 3 aromatic rings. The van der Waals surface area contributed by atoms with E-state index in [1.54, 1.807) is 0 Å².